The molecule has 150 valence electrons. The van der Waals surface area contributed by atoms with Crippen molar-refractivity contribution < 1.29 is 23.9 Å². The molecule has 0 fully saturated rings. The smallest absolute Gasteiger partial charge is 0.329 e. The van der Waals surface area contributed by atoms with Crippen LogP contribution in [0.2, 0.25) is 0 Å². The number of urea groups is 1. The molecular formula is C21H26N2O5. The van der Waals surface area contributed by atoms with Crippen LogP contribution in [0, 0.1) is 12.3 Å². The number of benzene rings is 1. The summed E-state index contributed by atoms with van der Waals surface area (Å²) in [6.07, 6.45) is 5.83. The third kappa shape index (κ3) is 5.26. The molecule has 1 heterocycles. The number of fused-ring (bicyclic) bond motifs is 1. The fraction of sp³-hybridized carbons (Fsp3) is 0.476. The lowest BCUT2D eigenvalue weighted by molar-refractivity contribution is -0.149. The first kappa shape index (κ1) is 21.3. The van der Waals surface area contributed by atoms with E-state index in [-0.39, 0.29) is 39.3 Å². The van der Waals surface area contributed by atoms with Gasteiger partial charge in [-0.2, -0.15) is 0 Å². The first-order valence-corrected chi connectivity index (χ1v) is 9.39. The fourth-order valence-corrected chi connectivity index (χ4v) is 3.17. The van der Waals surface area contributed by atoms with E-state index in [0.717, 1.165) is 11.1 Å². The minimum absolute atomic E-state index is 0.0337. The number of nitrogens with zero attached hydrogens (tertiary/aromatic N) is 2. The number of carbonyl (C=O) groups is 3. The van der Waals surface area contributed by atoms with Gasteiger partial charge in [-0.25, -0.2) is 9.59 Å². The summed E-state index contributed by atoms with van der Waals surface area (Å²) >= 11 is 0. The molecule has 0 aliphatic carbocycles. The summed E-state index contributed by atoms with van der Waals surface area (Å²) in [5.74, 6) is 1.59. The lowest BCUT2D eigenvalue weighted by Crippen LogP contribution is -2.54. The predicted molar refractivity (Wildman–Crippen MR) is 103 cm³/mol. The molecule has 0 saturated heterocycles. The number of hydrogen-bond donors (Lipinski definition) is 0. The number of terminal acetylenes is 1. The molecule has 28 heavy (non-hydrogen) atoms. The molecule has 0 bridgehead atoms. The van der Waals surface area contributed by atoms with Crippen molar-refractivity contribution in [2.75, 3.05) is 26.3 Å². The second-order valence-electron chi connectivity index (χ2n) is 6.33. The Balaban J connectivity index is 2.22. The summed E-state index contributed by atoms with van der Waals surface area (Å²) in [6.45, 7) is 4.38. The van der Waals surface area contributed by atoms with Crippen LogP contribution >= 0.6 is 0 Å². The zero-order chi connectivity index (χ0) is 20.5. The third-order valence-corrected chi connectivity index (χ3v) is 4.50. The fourth-order valence-electron chi connectivity index (χ4n) is 3.17. The van der Waals surface area contributed by atoms with Gasteiger partial charge in [0.2, 0.25) is 0 Å². The zero-order valence-corrected chi connectivity index (χ0v) is 16.3. The highest BCUT2D eigenvalue weighted by Crippen LogP contribution is 2.25. The minimum atomic E-state index is -0.731. The number of carbonyl (C=O) groups excluding carboxylic acids is 3. The van der Waals surface area contributed by atoms with Gasteiger partial charge in [0.1, 0.15) is 6.04 Å². The normalized spacial score (nSPS) is 15.2. The predicted octanol–water partition coefficient (Wildman–Crippen LogP) is 1.98. The van der Waals surface area contributed by atoms with Gasteiger partial charge < -0.3 is 19.3 Å². The van der Waals surface area contributed by atoms with Gasteiger partial charge in [0.25, 0.3) is 0 Å². The van der Waals surface area contributed by atoms with E-state index in [0.29, 0.717) is 6.42 Å². The van der Waals surface area contributed by atoms with Gasteiger partial charge in [0.05, 0.1) is 26.2 Å². The van der Waals surface area contributed by atoms with Crippen LogP contribution in [-0.2, 0) is 32.0 Å². The van der Waals surface area contributed by atoms with Gasteiger partial charge in [0, 0.05) is 19.5 Å². The van der Waals surface area contributed by atoms with Gasteiger partial charge >= 0.3 is 18.0 Å². The number of rotatable bonds is 7. The Morgan fingerprint density at radius 3 is 2.50 bits per heavy atom. The van der Waals surface area contributed by atoms with E-state index in [1.54, 1.807) is 13.8 Å². The summed E-state index contributed by atoms with van der Waals surface area (Å²) in [7, 11) is 0. The SMILES string of the molecule is C#CCN(CCC(=O)OCC)C(=O)N1Cc2ccccc2CC1C(=O)OCC. The van der Waals surface area contributed by atoms with E-state index < -0.39 is 24.0 Å². The van der Waals surface area contributed by atoms with Crippen LogP contribution in [-0.4, -0.2) is 60.1 Å². The highest BCUT2D eigenvalue weighted by molar-refractivity contribution is 5.85. The highest BCUT2D eigenvalue weighted by atomic mass is 16.5. The Kier molecular flexibility index (Phi) is 7.88. The van der Waals surface area contributed by atoms with Crippen molar-refractivity contribution in [1.29, 1.82) is 0 Å². The number of hydrogen-bond acceptors (Lipinski definition) is 5. The van der Waals surface area contributed by atoms with Crippen LogP contribution in [0.25, 0.3) is 0 Å². The molecule has 1 aromatic carbocycles. The van der Waals surface area contributed by atoms with Crippen LogP contribution < -0.4 is 0 Å². The second kappa shape index (κ2) is 10.4. The maximum Gasteiger partial charge on any atom is 0.329 e. The molecule has 2 amide bonds. The minimum Gasteiger partial charge on any atom is -0.466 e. The van der Waals surface area contributed by atoms with Crippen molar-refractivity contribution >= 4 is 18.0 Å². The quantitative estimate of drug-likeness (QED) is 0.529. The average Bonchev–Trinajstić information content (AvgIpc) is 2.70. The van der Waals surface area contributed by atoms with Crippen molar-refractivity contribution in [2.24, 2.45) is 0 Å². The maximum absolute atomic E-state index is 13.2. The monoisotopic (exact) mass is 386 g/mol. The summed E-state index contributed by atoms with van der Waals surface area (Å²) < 4.78 is 10.1. The largest absolute Gasteiger partial charge is 0.466 e. The summed E-state index contributed by atoms with van der Waals surface area (Å²) in [4.78, 5) is 40.2. The molecule has 1 aliphatic rings. The van der Waals surface area contributed by atoms with E-state index in [1.807, 2.05) is 24.3 Å². The number of ether oxygens (including phenoxy) is 2. The lowest BCUT2D eigenvalue weighted by Gasteiger charge is -2.38. The Bertz CT molecular complexity index is 755. The molecule has 1 unspecified atom stereocenters. The van der Waals surface area contributed by atoms with Crippen LogP contribution in [0.3, 0.4) is 0 Å². The molecule has 0 aromatic heterocycles. The Hall–Kier alpha value is -3.01. The van der Waals surface area contributed by atoms with Gasteiger partial charge in [-0.1, -0.05) is 30.2 Å². The van der Waals surface area contributed by atoms with Crippen molar-refractivity contribution in [3.05, 3.63) is 35.4 Å². The van der Waals surface area contributed by atoms with Gasteiger partial charge in [-0.3, -0.25) is 4.79 Å². The summed E-state index contributed by atoms with van der Waals surface area (Å²) in [6, 6.07) is 6.55. The van der Waals surface area contributed by atoms with Crippen molar-refractivity contribution in [2.45, 2.75) is 39.3 Å². The third-order valence-electron chi connectivity index (χ3n) is 4.50. The Labute approximate surface area is 165 Å². The zero-order valence-electron chi connectivity index (χ0n) is 16.3. The van der Waals surface area contributed by atoms with E-state index in [2.05, 4.69) is 5.92 Å². The van der Waals surface area contributed by atoms with Crippen LogP contribution in [0.4, 0.5) is 4.79 Å². The molecule has 1 aliphatic heterocycles. The number of esters is 2. The summed E-state index contributed by atoms with van der Waals surface area (Å²) in [5.41, 5.74) is 1.99. The molecule has 0 radical (unpaired) electrons. The first-order chi connectivity index (χ1) is 13.5. The molecule has 2 rings (SSSR count). The first-order valence-electron chi connectivity index (χ1n) is 9.39. The molecule has 0 N–H and O–H groups in total. The maximum atomic E-state index is 13.2. The van der Waals surface area contributed by atoms with Gasteiger partial charge in [0.15, 0.2) is 0 Å². The Morgan fingerprint density at radius 1 is 1.18 bits per heavy atom. The molecule has 1 aromatic rings. The molecule has 0 spiro atoms. The molecule has 7 nitrogen and oxygen atoms in total. The van der Waals surface area contributed by atoms with Crippen LogP contribution in [0.5, 0.6) is 0 Å². The van der Waals surface area contributed by atoms with E-state index in [4.69, 9.17) is 15.9 Å². The topological polar surface area (TPSA) is 76.2 Å². The van der Waals surface area contributed by atoms with Gasteiger partial charge in [-0.15, -0.1) is 6.42 Å². The van der Waals surface area contributed by atoms with Crippen molar-refractivity contribution in [1.82, 2.24) is 9.80 Å². The summed E-state index contributed by atoms with van der Waals surface area (Å²) in [5, 5.41) is 0. The van der Waals surface area contributed by atoms with Gasteiger partial charge in [-0.05, 0) is 25.0 Å². The molecular weight excluding hydrogens is 360 g/mol. The van der Waals surface area contributed by atoms with Crippen LogP contribution in [0.1, 0.15) is 31.4 Å². The van der Waals surface area contributed by atoms with E-state index >= 15 is 0 Å². The molecule has 1 atom stereocenters. The highest BCUT2D eigenvalue weighted by Gasteiger charge is 2.37. The molecule has 7 heteroatoms. The van der Waals surface area contributed by atoms with E-state index in [1.165, 1.54) is 9.80 Å². The van der Waals surface area contributed by atoms with Crippen LogP contribution in [0.15, 0.2) is 24.3 Å². The lowest BCUT2D eigenvalue weighted by atomic mass is 9.94. The second-order valence-corrected chi connectivity index (χ2v) is 6.33. The van der Waals surface area contributed by atoms with Crippen molar-refractivity contribution in [3.8, 4) is 12.3 Å². The standard InChI is InChI=1S/C21H26N2O5/c1-4-12-22(13-11-19(24)27-5-2)21(26)23-15-17-10-8-7-9-16(17)14-18(23)20(25)28-6-3/h1,7-10,18H,5-6,11-15H2,2-3H3. The van der Waals surface area contributed by atoms with E-state index in [9.17, 15) is 14.4 Å². The van der Waals surface area contributed by atoms with Crippen molar-refractivity contribution in [3.63, 3.8) is 0 Å². The Morgan fingerprint density at radius 2 is 1.86 bits per heavy atom. The number of amides is 2. The molecule has 0 saturated carbocycles. The average molecular weight is 386 g/mol.